The van der Waals surface area contributed by atoms with Gasteiger partial charge in [0.15, 0.2) is 0 Å². The molecule has 1 amide bonds. The van der Waals surface area contributed by atoms with E-state index in [2.05, 4.69) is 0 Å². The van der Waals surface area contributed by atoms with E-state index in [4.69, 9.17) is 10.3 Å². The Bertz CT molecular complexity index is 390. The molecule has 0 radical (unpaired) electrons. The first kappa shape index (κ1) is 9.93. The molecule has 3 N–H and O–H groups in total. The van der Waals surface area contributed by atoms with Crippen molar-refractivity contribution in [3.05, 3.63) is 33.9 Å². The predicted molar refractivity (Wildman–Crippen MR) is 44.0 cm³/mol. The number of benzene rings is 1. The van der Waals surface area contributed by atoms with Crippen molar-refractivity contribution >= 4 is 11.6 Å². The Morgan fingerprint density at radius 2 is 2.14 bits per heavy atom. The van der Waals surface area contributed by atoms with Gasteiger partial charge in [0.05, 0.1) is 16.6 Å². The van der Waals surface area contributed by atoms with Gasteiger partial charge in [-0.1, -0.05) is 0 Å². The van der Waals surface area contributed by atoms with Crippen molar-refractivity contribution in [3.8, 4) is 5.75 Å². The maximum Gasteiger partial charge on any atom is 0.278 e. The van der Waals surface area contributed by atoms with Gasteiger partial charge in [-0.2, -0.15) is 0 Å². The van der Waals surface area contributed by atoms with Crippen LogP contribution in [0.15, 0.2) is 18.2 Å². The van der Waals surface area contributed by atoms with Crippen LogP contribution in [-0.4, -0.2) is 21.1 Å². The lowest BCUT2D eigenvalue weighted by Gasteiger charge is -2.01. The van der Waals surface area contributed by atoms with Crippen LogP contribution in [0.3, 0.4) is 0 Å². The summed E-state index contributed by atoms with van der Waals surface area (Å²) in [6.45, 7) is 0. The molecule has 1 rings (SSSR count). The fraction of sp³-hybridized carbons (Fsp3) is 0. The highest BCUT2D eigenvalue weighted by Gasteiger charge is 2.14. The van der Waals surface area contributed by atoms with Crippen LogP contribution in [-0.2, 0) is 0 Å². The summed E-state index contributed by atoms with van der Waals surface area (Å²) in [5, 5.41) is 27.7. The molecule has 0 aromatic heterocycles. The molecule has 0 heterocycles. The number of carbonyl (C=O) groups excluding carboxylic acids is 1. The lowest BCUT2D eigenvalue weighted by atomic mass is 10.2. The van der Waals surface area contributed by atoms with Crippen LogP contribution in [0.4, 0.5) is 5.69 Å². The standard InChI is InChI=1S/C7H6N2O5/c10-6-3-4(9(13)14)1-2-5(6)7(11)8-12/h1-3,10,12H,(H,8,11). The molecule has 0 aliphatic carbocycles. The third-order valence-corrected chi connectivity index (χ3v) is 1.54. The van der Waals surface area contributed by atoms with Gasteiger partial charge in [-0.25, -0.2) is 5.48 Å². The van der Waals surface area contributed by atoms with Gasteiger partial charge in [0.25, 0.3) is 11.6 Å². The molecule has 7 nitrogen and oxygen atoms in total. The summed E-state index contributed by atoms with van der Waals surface area (Å²) < 4.78 is 0. The van der Waals surface area contributed by atoms with Gasteiger partial charge >= 0.3 is 0 Å². The predicted octanol–water partition coefficient (Wildman–Crippen LogP) is 0.419. The zero-order valence-corrected chi connectivity index (χ0v) is 6.80. The van der Waals surface area contributed by atoms with E-state index in [9.17, 15) is 14.9 Å². The number of hydrogen-bond acceptors (Lipinski definition) is 5. The first-order chi connectivity index (χ1) is 6.56. The normalized spacial score (nSPS) is 9.50. The number of amides is 1. The summed E-state index contributed by atoms with van der Waals surface area (Å²) in [6.07, 6.45) is 0. The second-order valence-electron chi connectivity index (χ2n) is 2.40. The summed E-state index contributed by atoms with van der Waals surface area (Å²) >= 11 is 0. The lowest BCUT2D eigenvalue weighted by molar-refractivity contribution is -0.384. The number of nitrogens with zero attached hydrogens (tertiary/aromatic N) is 1. The Hall–Kier alpha value is -2.15. The largest absolute Gasteiger partial charge is 0.507 e. The number of non-ortho nitro benzene ring substituents is 1. The molecule has 0 unspecified atom stereocenters. The second-order valence-corrected chi connectivity index (χ2v) is 2.40. The van der Waals surface area contributed by atoms with Crippen molar-refractivity contribution in [1.82, 2.24) is 5.48 Å². The minimum absolute atomic E-state index is 0.238. The van der Waals surface area contributed by atoms with Crippen molar-refractivity contribution in [2.24, 2.45) is 0 Å². The average molecular weight is 198 g/mol. The molecule has 0 atom stereocenters. The third-order valence-electron chi connectivity index (χ3n) is 1.54. The molecule has 0 spiro atoms. The molecule has 1 aromatic rings. The Labute approximate surface area is 77.7 Å². The van der Waals surface area contributed by atoms with Crippen LogP contribution in [0.1, 0.15) is 10.4 Å². The lowest BCUT2D eigenvalue weighted by Crippen LogP contribution is -2.18. The fourth-order valence-corrected chi connectivity index (χ4v) is 0.886. The molecule has 1 aromatic carbocycles. The molecule has 7 heteroatoms. The SMILES string of the molecule is O=C(NO)c1ccc([N+](=O)[O-])cc1O. The van der Waals surface area contributed by atoms with Crippen LogP contribution in [0.25, 0.3) is 0 Å². The highest BCUT2D eigenvalue weighted by Crippen LogP contribution is 2.22. The number of hydrogen-bond donors (Lipinski definition) is 3. The van der Waals surface area contributed by atoms with Crippen molar-refractivity contribution in [2.75, 3.05) is 0 Å². The van der Waals surface area contributed by atoms with E-state index < -0.39 is 16.6 Å². The minimum Gasteiger partial charge on any atom is -0.507 e. The van der Waals surface area contributed by atoms with E-state index in [1.807, 2.05) is 0 Å². The summed E-state index contributed by atoms with van der Waals surface area (Å²) in [4.78, 5) is 20.4. The van der Waals surface area contributed by atoms with Crippen molar-refractivity contribution in [2.45, 2.75) is 0 Å². The van der Waals surface area contributed by atoms with E-state index in [1.165, 1.54) is 5.48 Å². The highest BCUT2D eigenvalue weighted by atomic mass is 16.6. The molecule has 74 valence electrons. The van der Waals surface area contributed by atoms with Crippen LogP contribution in [0, 0.1) is 10.1 Å². The summed E-state index contributed by atoms with van der Waals surface area (Å²) in [6, 6.07) is 2.91. The molecule has 0 bridgehead atoms. The Morgan fingerprint density at radius 3 is 2.57 bits per heavy atom. The number of phenols is 1. The molecule has 14 heavy (non-hydrogen) atoms. The maximum atomic E-state index is 10.8. The number of phenolic OH excluding ortho intramolecular Hbond substituents is 1. The van der Waals surface area contributed by atoms with Crippen LogP contribution < -0.4 is 5.48 Å². The zero-order valence-electron chi connectivity index (χ0n) is 6.80. The third kappa shape index (κ3) is 1.77. The summed E-state index contributed by atoms with van der Waals surface area (Å²) in [5.41, 5.74) is 0.728. The molecular weight excluding hydrogens is 192 g/mol. The molecule has 0 saturated carbocycles. The Morgan fingerprint density at radius 1 is 1.50 bits per heavy atom. The monoisotopic (exact) mass is 198 g/mol. The van der Waals surface area contributed by atoms with E-state index >= 15 is 0 Å². The molecular formula is C7H6N2O5. The smallest absolute Gasteiger partial charge is 0.278 e. The molecule has 0 aliphatic rings. The average Bonchev–Trinajstić information content (AvgIpc) is 2.16. The first-order valence-electron chi connectivity index (χ1n) is 3.48. The number of rotatable bonds is 2. The van der Waals surface area contributed by atoms with E-state index in [1.54, 1.807) is 0 Å². The number of carbonyl (C=O) groups is 1. The first-order valence-corrected chi connectivity index (χ1v) is 3.48. The second kappa shape index (κ2) is 3.71. The topological polar surface area (TPSA) is 113 Å². The van der Waals surface area contributed by atoms with Crippen LogP contribution >= 0.6 is 0 Å². The van der Waals surface area contributed by atoms with E-state index in [0.29, 0.717) is 0 Å². The summed E-state index contributed by atoms with van der Waals surface area (Å²) in [5.74, 6) is -1.50. The number of nitrogens with one attached hydrogen (secondary N) is 1. The number of hydroxylamine groups is 1. The van der Waals surface area contributed by atoms with Crippen LogP contribution in [0.2, 0.25) is 0 Å². The van der Waals surface area contributed by atoms with Gasteiger partial charge in [0, 0.05) is 6.07 Å². The van der Waals surface area contributed by atoms with E-state index in [-0.39, 0.29) is 11.3 Å². The van der Waals surface area contributed by atoms with Gasteiger partial charge in [0.1, 0.15) is 5.75 Å². The molecule has 0 aliphatic heterocycles. The zero-order chi connectivity index (χ0) is 10.7. The maximum absolute atomic E-state index is 10.8. The van der Waals surface area contributed by atoms with Gasteiger partial charge in [-0.15, -0.1) is 0 Å². The van der Waals surface area contributed by atoms with Crippen LogP contribution in [0.5, 0.6) is 5.75 Å². The van der Waals surface area contributed by atoms with Crippen molar-refractivity contribution in [1.29, 1.82) is 0 Å². The van der Waals surface area contributed by atoms with Crippen molar-refractivity contribution < 1.29 is 20.0 Å². The highest BCUT2D eigenvalue weighted by molar-refractivity contribution is 5.96. The van der Waals surface area contributed by atoms with Gasteiger partial charge in [-0.05, 0) is 6.07 Å². The Balaban J connectivity index is 3.14. The fourth-order valence-electron chi connectivity index (χ4n) is 0.886. The van der Waals surface area contributed by atoms with Gasteiger partial charge in [0.2, 0.25) is 0 Å². The number of aromatic hydroxyl groups is 1. The quantitative estimate of drug-likeness (QED) is 0.362. The minimum atomic E-state index is -0.933. The Kier molecular flexibility index (Phi) is 2.63. The summed E-state index contributed by atoms with van der Waals surface area (Å²) in [7, 11) is 0. The van der Waals surface area contributed by atoms with E-state index in [0.717, 1.165) is 18.2 Å². The molecule has 0 fully saturated rings. The molecule has 0 saturated heterocycles. The number of nitro benzene ring substituents is 1. The van der Waals surface area contributed by atoms with Crippen molar-refractivity contribution in [3.63, 3.8) is 0 Å². The van der Waals surface area contributed by atoms with Gasteiger partial charge in [-0.3, -0.25) is 20.1 Å². The van der Waals surface area contributed by atoms with Gasteiger partial charge < -0.3 is 5.11 Å². The number of nitro groups is 1.